The molecule has 2 N–H and O–H groups in total. The van der Waals surface area contributed by atoms with Gasteiger partial charge in [-0.15, -0.1) is 0 Å². The summed E-state index contributed by atoms with van der Waals surface area (Å²) in [7, 11) is 0. The summed E-state index contributed by atoms with van der Waals surface area (Å²) in [4.78, 5) is 2.56. The van der Waals surface area contributed by atoms with Crippen LogP contribution in [-0.2, 0) is 0 Å². The number of halogens is 2. The molecule has 1 heterocycles. The lowest BCUT2D eigenvalue weighted by molar-refractivity contribution is 0.0661. The molecule has 1 aliphatic rings. The molecule has 0 bridgehead atoms. The molecule has 1 aliphatic heterocycles. The monoisotopic (exact) mass is 344 g/mol. The van der Waals surface area contributed by atoms with Crippen LogP contribution in [0.15, 0.2) is 22.7 Å². The molecule has 0 radical (unpaired) electrons. The first-order chi connectivity index (χ1) is 9.04. The van der Waals surface area contributed by atoms with E-state index in [1.54, 1.807) is 0 Å². The number of likely N-dealkylation sites (tertiary alicyclic amines) is 1. The topological polar surface area (TPSA) is 29.3 Å². The van der Waals surface area contributed by atoms with Crippen LogP contribution in [0.5, 0.6) is 0 Å². The maximum atomic E-state index is 6.06. The van der Waals surface area contributed by atoms with Crippen molar-refractivity contribution in [3.05, 3.63) is 33.3 Å². The van der Waals surface area contributed by atoms with E-state index in [0.717, 1.165) is 22.6 Å². The van der Waals surface area contributed by atoms with Gasteiger partial charge in [-0.05, 0) is 63.4 Å². The predicted molar refractivity (Wildman–Crippen MR) is 85.5 cm³/mol. The molecule has 2 atom stereocenters. The van der Waals surface area contributed by atoms with Crippen LogP contribution < -0.4 is 5.73 Å². The highest BCUT2D eigenvalue weighted by molar-refractivity contribution is 9.10. The molecule has 1 aromatic rings. The van der Waals surface area contributed by atoms with Gasteiger partial charge >= 0.3 is 0 Å². The molecule has 0 amide bonds. The second-order valence-electron chi connectivity index (χ2n) is 5.58. The third-order valence-electron chi connectivity index (χ3n) is 4.04. The second-order valence-corrected chi connectivity index (χ2v) is 6.87. The molecule has 1 fully saturated rings. The molecular weight excluding hydrogens is 324 g/mol. The predicted octanol–water partition coefficient (Wildman–Crippen LogP) is 4.22. The molecule has 0 saturated carbocycles. The van der Waals surface area contributed by atoms with Gasteiger partial charge in [0.25, 0.3) is 0 Å². The van der Waals surface area contributed by atoms with Gasteiger partial charge in [-0.25, -0.2) is 0 Å². The van der Waals surface area contributed by atoms with E-state index in [2.05, 4.69) is 40.7 Å². The van der Waals surface area contributed by atoms with E-state index in [9.17, 15) is 0 Å². The third-order valence-corrected chi connectivity index (χ3v) is 4.96. The highest BCUT2D eigenvalue weighted by Crippen LogP contribution is 2.40. The maximum absolute atomic E-state index is 6.06. The number of piperidine rings is 1. The average molecular weight is 346 g/mol. The van der Waals surface area contributed by atoms with Crippen molar-refractivity contribution < 1.29 is 0 Å². The summed E-state index contributed by atoms with van der Waals surface area (Å²) < 4.78 is 1.09. The summed E-state index contributed by atoms with van der Waals surface area (Å²) in [6, 6.07) is 7.02. The van der Waals surface area contributed by atoms with Crippen LogP contribution in [0.1, 0.15) is 38.3 Å². The zero-order valence-electron chi connectivity index (χ0n) is 11.6. The summed E-state index contributed by atoms with van der Waals surface area (Å²) in [6.45, 7) is 6.41. The fraction of sp³-hybridized carbons (Fsp3) is 0.600. The van der Waals surface area contributed by atoms with Crippen molar-refractivity contribution in [3.8, 4) is 0 Å². The van der Waals surface area contributed by atoms with Crippen LogP contribution in [-0.4, -0.2) is 24.0 Å². The molecule has 2 nitrogen and oxygen atoms in total. The minimum absolute atomic E-state index is 0.394. The number of nitrogens with two attached hydrogens (primary N) is 1. The second kappa shape index (κ2) is 6.57. The van der Waals surface area contributed by atoms with Crippen LogP contribution in [0.3, 0.4) is 0 Å². The number of hydrogen-bond donors (Lipinski definition) is 1. The van der Waals surface area contributed by atoms with Gasteiger partial charge in [-0.1, -0.05) is 33.6 Å². The Hall–Kier alpha value is -0.0900. The minimum Gasteiger partial charge on any atom is -0.330 e. The lowest BCUT2D eigenvalue weighted by Crippen LogP contribution is -2.45. The summed E-state index contributed by atoms with van der Waals surface area (Å²) in [6.07, 6.45) is 2.45. The van der Waals surface area contributed by atoms with E-state index in [4.69, 9.17) is 17.3 Å². The summed E-state index contributed by atoms with van der Waals surface area (Å²) in [5, 5.41) is 0.770. The van der Waals surface area contributed by atoms with Gasteiger partial charge in [0.1, 0.15) is 0 Å². The summed E-state index contributed by atoms with van der Waals surface area (Å²) in [5.41, 5.74) is 7.32. The minimum atomic E-state index is 0.394. The Morgan fingerprint density at radius 2 is 2.21 bits per heavy atom. The highest BCUT2D eigenvalue weighted by atomic mass is 79.9. The Kier molecular flexibility index (Phi) is 5.29. The van der Waals surface area contributed by atoms with E-state index in [1.165, 1.54) is 18.4 Å². The molecule has 106 valence electrons. The Balaban J connectivity index is 2.39. The standard InChI is InChI=1S/C15H22BrClN2/c1-10(2)19-7-3-4-11(9-18)15(19)13-6-5-12(17)8-14(13)16/h5-6,8,10-11,15H,3-4,7,9,18H2,1-2H3. The quantitative estimate of drug-likeness (QED) is 0.888. The number of hydrogen-bond acceptors (Lipinski definition) is 2. The summed E-state index contributed by atoms with van der Waals surface area (Å²) in [5.74, 6) is 0.522. The van der Waals surface area contributed by atoms with Crippen molar-refractivity contribution in [2.75, 3.05) is 13.1 Å². The molecule has 0 aliphatic carbocycles. The first kappa shape index (κ1) is 15.3. The number of benzene rings is 1. The van der Waals surface area contributed by atoms with Crippen LogP contribution in [0, 0.1) is 5.92 Å². The van der Waals surface area contributed by atoms with Crippen LogP contribution in [0.2, 0.25) is 5.02 Å². The molecule has 1 saturated heterocycles. The van der Waals surface area contributed by atoms with Crippen molar-refractivity contribution in [2.45, 2.75) is 38.8 Å². The fourth-order valence-electron chi connectivity index (χ4n) is 3.10. The lowest BCUT2D eigenvalue weighted by atomic mass is 9.84. The largest absolute Gasteiger partial charge is 0.330 e. The Morgan fingerprint density at radius 3 is 2.79 bits per heavy atom. The number of rotatable bonds is 3. The van der Waals surface area contributed by atoms with Crippen molar-refractivity contribution in [2.24, 2.45) is 11.7 Å². The molecule has 4 heteroatoms. The normalized spacial score (nSPS) is 24.9. The maximum Gasteiger partial charge on any atom is 0.0417 e. The molecular formula is C15H22BrClN2. The highest BCUT2D eigenvalue weighted by Gasteiger charge is 2.34. The van der Waals surface area contributed by atoms with Crippen LogP contribution >= 0.6 is 27.5 Å². The van der Waals surface area contributed by atoms with Crippen LogP contribution in [0.4, 0.5) is 0 Å². The van der Waals surface area contributed by atoms with Gasteiger partial charge in [0, 0.05) is 21.6 Å². The Labute approximate surface area is 129 Å². The number of nitrogens with zero attached hydrogens (tertiary/aromatic N) is 1. The van der Waals surface area contributed by atoms with Crippen molar-refractivity contribution >= 4 is 27.5 Å². The van der Waals surface area contributed by atoms with Crippen molar-refractivity contribution in [1.29, 1.82) is 0 Å². The molecule has 0 spiro atoms. The van der Waals surface area contributed by atoms with Crippen molar-refractivity contribution in [3.63, 3.8) is 0 Å². The SMILES string of the molecule is CC(C)N1CCCC(CN)C1c1ccc(Cl)cc1Br. The fourth-order valence-corrected chi connectivity index (χ4v) is 4.02. The van der Waals surface area contributed by atoms with Gasteiger partial charge in [0.2, 0.25) is 0 Å². The Bertz CT molecular complexity index is 436. The molecule has 2 unspecified atom stereocenters. The van der Waals surface area contributed by atoms with Gasteiger partial charge in [0.15, 0.2) is 0 Å². The van der Waals surface area contributed by atoms with E-state index >= 15 is 0 Å². The Morgan fingerprint density at radius 1 is 1.47 bits per heavy atom. The van der Waals surface area contributed by atoms with Gasteiger partial charge in [-0.3, -0.25) is 4.90 Å². The van der Waals surface area contributed by atoms with Crippen LogP contribution in [0.25, 0.3) is 0 Å². The zero-order chi connectivity index (χ0) is 14.0. The van der Waals surface area contributed by atoms with Gasteiger partial charge < -0.3 is 5.73 Å². The van der Waals surface area contributed by atoms with Crippen molar-refractivity contribution in [1.82, 2.24) is 4.90 Å². The lowest BCUT2D eigenvalue weighted by Gasteiger charge is -2.44. The van der Waals surface area contributed by atoms with Gasteiger partial charge in [0.05, 0.1) is 0 Å². The van der Waals surface area contributed by atoms with Gasteiger partial charge in [-0.2, -0.15) is 0 Å². The summed E-state index contributed by atoms with van der Waals surface area (Å²) >= 11 is 9.72. The zero-order valence-corrected chi connectivity index (χ0v) is 13.9. The molecule has 19 heavy (non-hydrogen) atoms. The average Bonchev–Trinajstić information content (AvgIpc) is 2.38. The van der Waals surface area contributed by atoms with E-state index < -0.39 is 0 Å². The van der Waals surface area contributed by atoms with E-state index in [1.807, 2.05) is 12.1 Å². The first-order valence-corrected chi connectivity index (χ1v) is 8.12. The van der Waals surface area contributed by atoms with E-state index in [0.29, 0.717) is 18.0 Å². The van der Waals surface area contributed by atoms with E-state index in [-0.39, 0.29) is 0 Å². The first-order valence-electron chi connectivity index (χ1n) is 6.95. The molecule has 1 aromatic carbocycles. The molecule has 0 aromatic heterocycles. The smallest absolute Gasteiger partial charge is 0.0417 e. The third kappa shape index (κ3) is 3.33. The molecule has 2 rings (SSSR count).